The minimum Gasteiger partial charge on any atom is -0.370 e. The third kappa shape index (κ3) is 2.36. The Hall–Kier alpha value is -0.650. The molecule has 1 aromatic heterocycles. The number of ether oxygens (including phenoxy) is 1. The molecule has 0 aliphatic carbocycles. The lowest BCUT2D eigenvalue weighted by Crippen LogP contribution is -2.49. The van der Waals surface area contributed by atoms with Gasteiger partial charge >= 0.3 is 0 Å². The zero-order chi connectivity index (χ0) is 11.7. The van der Waals surface area contributed by atoms with Crippen molar-refractivity contribution in [2.24, 2.45) is 5.73 Å². The van der Waals surface area contributed by atoms with Crippen molar-refractivity contribution in [2.45, 2.75) is 33.0 Å². The fourth-order valence-corrected chi connectivity index (χ4v) is 2.85. The van der Waals surface area contributed by atoms with Crippen LogP contribution in [0.5, 0.6) is 0 Å². The van der Waals surface area contributed by atoms with Crippen molar-refractivity contribution in [1.29, 1.82) is 0 Å². The van der Waals surface area contributed by atoms with E-state index in [1.165, 1.54) is 4.88 Å². The summed E-state index contributed by atoms with van der Waals surface area (Å²) in [7, 11) is 0. The first-order chi connectivity index (χ1) is 7.60. The molecule has 90 valence electrons. The summed E-state index contributed by atoms with van der Waals surface area (Å²) < 4.78 is 5.73. The quantitative estimate of drug-likeness (QED) is 0.848. The Bertz CT molecular complexity index is 347. The Balaban J connectivity index is 2.14. The van der Waals surface area contributed by atoms with Crippen molar-refractivity contribution in [3.63, 3.8) is 0 Å². The molecule has 0 bridgehead atoms. The molecule has 1 aliphatic heterocycles. The SMILES string of the molecule is Cc1nc(N2CC(C)OC(CN)C2)sc1C. The Labute approximate surface area is 100 Å². The van der Waals surface area contributed by atoms with Gasteiger partial charge in [0.2, 0.25) is 0 Å². The van der Waals surface area contributed by atoms with Crippen molar-refractivity contribution in [2.75, 3.05) is 24.5 Å². The topological polar surface area (TPSA) is 51.4 Å². The Kier molecular flexibility index (Phi) is 3.47. The molecule has 0 saturated carbocycles. The van der Waals surface area contributed by atoms with Gasteiger partial charge in [-0.3, -0.25) is 0 Å². The van der Waals surface area contributed by atoms with E-state index in [0.29, 0.717) is 6.54 Å². The number of hydrogen-bond acceptors (Lipinski definition) is 5. The van der Waals surface area contributed by atoms with Crippen molar-refractivity contribution in [3.8, 4) is 0 Å². The van der Waals surface area contributed by atoms with Crippen molar-refractivity contribution >= 4 is 16.5 Å². The van der Waals surface area contributed by atoms with E-state index in [1.54, 1.807) is 11.3 Å². The highest BCUT2D eigenvalue weighted by molar-refractivity contribution is 7.15. The number of thiazole rings is 1. The molecule has 0 aromatic carbocycles. The maximum absolute atomic E-state index is 5.73. The van der Waals surface area contributed by atoms with Gasteiger partial charge in [0.05, 0.1) is 17.9 Å². The van der Waals surface area contributed by atoms with Gasteiger partial charge in [-0.1, -0.05) is 0 Å². The minimum absolute atomic E-state index is 0.133. The third-order valence-corrected chi connectivity index (χ3v) is 4.01. The second-order valence-electron chi connectivity index (χ2n) is 4.35. The molecule has 2 rings (SSSR count). The maximum Gasteiger partial charge on any atom is 0.185 e. The number of anilines is 1. The Morgan fingerprint density at radius 3 is 2.81 bits per heavy atom. The summed E-state index contributed by atoms with van der Waals surface area (Å²) in [6, 6.07) is 0. The molecule has 2 unspecified atom stereocenters. The average Bonchev–Trinajstić information content (AvgIpc) is 2.58. The lowest BCUT2D eigenvalue weighted by molar-refractivity contribution is -0.0104. The van der Waals surface area contributed by atoms with E-state index in [-0.39, 0.29) is 12.2 Å². The van der Waals surface area contributed by atoms with E-state index in [1.807, 2.05) is 0 Å². The van der Waals surface area contributed by atoms with E-state index in [9.17, 15) is 0 Å². The van der Waals surface area contributed by atoms with Gasteiger partial charge in [-0.05, 0) is 20.8 Å². The van der Waals surface area contributed by atoms with Gasteiger partial charge < -0.3 is 15.4 Å². The number of nitrogens with two attached hydrogens (primary N) is 1. The second kappa shape index (κ2) is 4.69. The lowest BCUT2D eigenvalue weighted by atomic mass is 10.2. The van der Waals surface area contributed by atoms with Gasteiger partial charge in [0.15, 0.2) is 5.13 Å². The number of morpholine rings is 1. The summed E-state index contributed by atoms with van der Waals surface area (Å²) >= 11 is 1.75. The van der Waals surface area contributed by atoms with E-state index in [0.717, 1.165) is 23.9 Å². The van der Waals surface area contributed by atoms with E-state index >= 15 is 0 Å². The fourth-order valence-electron chi connectivity index (χ4n) is 1.92. The monoisotopic (exact) mass is 241 g/mol. The normalized spacial score (nSPS) is 26.1. The van der Waals surface area contributed by atoms with Gasteiger partial charge in [0.25, 0.3) is 0 Å². The lowest BCUT2D eigenvalue weighted by Gasteiger charge is -2.36. The molecule has 1 saturated heterocycles. The zero-order valence-electron chi connectivity index (χ0n) is 10.1. The maximum atomic E-state index is 5.73. The van der Waals surface area contributed by atoms with Crippen LogP contribution in [0, 0.1) is 13.8 Å². The largest absolute Gasteiger partial charge is 0.370 e. The summed E-state index contributed by atoms with van der Waals surface area (Å²) in [6.07, 6.45) is 0.361. The molecule has 1 aromatic rings. The molecule has 2 atom stereocenters. The molecule has 1 fully saturated rings. The third-order valence-electron chi connectivity index (χ3n) is 2.88. The van der Waals surface area contributed by atoms with Gasteiger partial charge in [-0.2, -0.15) is 0 Å². The van der Waals surface area contributed by atoms with Crippen LogP contribution in [0.3, 0.4) is 0 Å². The van der Waals surface area contributed by atoms with Crippen LogP contribution in [0.1, 0.15) is 17.5 Å². The van der Waals surface area contributed by atoms with Crippen molar-refractivity contribution < 1.29 is 4.74 Å². The highest BCUT2D eigenvalue weighted by Gasteiger charge is 2.26. The molecule has 0 radical (unpaired) electrons. The van der Waals surface area contributed by atoms with Crippen LogP contribution in [0.2, 0.25) is 0 Å². The number of aryl methyl sites for hydroxylation is 2. The summed E-state index contributed by atoms with van der Waals surface area (Å²) in [4.78, 5) is 8.16. The molecule has 0 spiro atoms. The zero-order valence-corrected chi connectivity index (χ0v) is 10.9. The smallest absolute Gasteiger partial charge is 0.185 e. The van der Waals surface area contributed by atoms with Crippen LogP contribution in [-0.2, 0) is 4.74 Å². The number of rotatable bonds is 2. The number of nitrogens with zero attached hydrogens (tertiary/aromatic N) is 2. The first kappa shape index (κ1) is 11.8. The predicted molar refractivity (Wildman–Crippen MR) is 67.2 cm³/mol. The Morgan fingerprint density at radius 2 is 2.25 bits per heavy atom. The van der Waals surface area contributed by atoms with Crippen LogP contribution in [-0.4, -0.2) is 36.8 Å². The Morgan fingerprint density at radius 1 is 1.50 bits per heavy atom. The van der Waals surface area contributed by atoms with Gasteiger partial charge in [0, 0.05) is 24.5 Å². The van der Waals surface area contributed by atoms with Gasteiger partial charge in [-0.15, -0.1) is 11.3 Å². The first-order valence-electron chi connectivity index (χ1n) is 5.64. The van der Waals surface area contributed by atoms with Crippen LogP contribution >= 0.6 is 11.3 Å². The van der Waals surface area contributed by atoms with E-state index < -0.39 is 0 Å². The molecule has 4 nitrogen and oxygen atoms in total. The van der Waals surface area contributed by atoms with Gasteiger partial charge in [-0.25, -0.2) is 4.98 Å². The molecule has 0 amide bonds. The first-order valence-corrected chi connectivity index (χ1v) is 6.46. The molecule has 1 aliphatic rings. The molecular weight excluding hydrogens is 222 g/mol. The van der Waals surface area contributed by atoms with Crippen molar-refractivity contribution in [3.05, 3.63) is 10.6 Å². The summed E-state index contributed by atoms with van der Waals surface area (Å²) in [5.74, 6) is 0. The molecule has 5 heteroatoms. The van der Waals surface area contributed by atoms with Crippen LogP contribution in [0.25, 0.3) is 0 Å². The van der Waals surface area contributed by atoms with Crippen molar-refractivity contribution in [1.82, 2.24) is 4.98 Å². The summed E-state index contributed by atoms with van der Waals surface area (Å²) in [6.45, 7) is 8.59. The van der Waals surface area contributed by atoms with Crippen LogP contribution < -0.4 is 10.6 Å². The summed E-state index contributed by atoms with van der Waals surface area (Å²) in [5.41, 5.74) is 6.80. The predicted octanol–water partition coefficient (Wildman–Crippen LogP) is 1.31. The highest BCUT2D eigenvalue weighted by Crippen LogP contribution is 2.27. The number of aromatic nitrogens is 1. The number of hydrogen-bond donors (Lipinski definition) is 1. The molecule has 2 N–H and O–H groups in total. The average molecular weight is 241 g/mol. The minimum atomic E-state index is 0.133. The molecule has 2 heterocycles. The highest BCUT2D eigenvalue weighted by atomic mass is 32.1. The van der Waals surface area contributed by atoms with Crippen LogP contribution in [0.4, 0.5) is 5.13 Å². The van der Waals surface area contributed by atoms with E-state index in [2.05, 4.69) is 30.7 Å². The van der Waals surface area contributed by atoms with Gasteiger partial charge in [0.1, 0.15) is 0 Å². The second-order valence-corrected chi connectivity index (χ2v) is 5.53. The van der Waals surface area contributed by atoms with Crippen LogP contribution in [0.15, 0.2) is 0 Å². The molecular formula is C11H19N3OS. The molecule has 16 heavy (non-hydrogen) atoms. The summed E-state index contributed by atoms with van der Waals surface area (Å²) in [5, 5.41) is 1.10. The fraction of sp³-hybridized carbons (Fsp3) is 0.727. The van der Waals surface area contributed by atoms with E-state index in [4.69, 9.17) is 10.5 Å². The standard InChI is InChI=1S/C11H19N3OS/c1-7-5-14(6-10(4-12)15-7)11-13-8(2)9(3)16-11/h7,10H,4-6,12H2,1-3H3.